The number of rotatable bonds is 15. The zero-order valence-corrected chi connectivity index (χ0v) is 15.9. The summed E-state index contributed by atoms with van der Waals surface area (Å²) < 4.78 is 0. The molecule has 23 heavy (non-hydrogen) atoms. The molecule has 1 rings (SSSR count). The van der Waals surface area contributed by atoms with Gasteiger partial charge in [-0.3, -0.25) is 4.90 Å². The summed E-state index contributed by atoms with van der Waals surface area (Å²) in [6.45, 7) is 5.49. The second-order valence-electron chi connectivity index (χ2n) is 6.63. The molecule has 132 valence electrons. The Balaban J connectivity index is 2.02. The normalized spacial score (nSPS) is 11.3. The van der Waals surface area contributed by atoms with E-state index in [0.717, 1.165) is 19.0 Å². The number of benzene rings is 1. The van der Waals surface area contributed by atoms with Crippen LogP contribution in [0, 0.1) is 0 Å². The van der Waals surface area contributed by atoms with Crippen molar-refractivity contribution in [2.45, 2.75) is 77.7 Å². The molecule has 0 saturated heterocycles. The number of hydrogen-bond acceptors (Lipinski definition) is 1. The molecule has 0 aliphatic carbocycles. The van der Waals surface area contributed by atoms with Crippen LogP contribution in [0.3, 0.4) is 0 Å². The minimum Gasteiger partial charge on any atom is -0.298 e. The highest BCUT2D eigenvalue weighted by Gasteiger charge is 2.05. The van der Waals surface area contributed by atoms with Gasteiger partial charge in [-0.05, 0) is 18.5 Å². The number of alkyl halides is 1. The molecule has 0 amide bonds. The first-order chi connectivity index (χ1) is 11.4. The summed E-state index contributed by atoms with van der Waals surface area (Å²) in [6.07, 6.45) is 14.0. The van der Waals surface area contributed by atoms with Gasteiger partial charge in [0.2, 0.25) is 0 Å². The minimum absolute atomic E-state index is 0.727. The third-order valence-corrected chi connectivity index (χ3v) is 4.65. The summed E-state index contributed by atoms with van der Waals surface area (Å²) in [5.41, 5.74) is 1.39. The van der Waals surface area contributed by atoms with Crippen molar-refractivity contribution in [2.24, 2.45) is 0 Å². The molecule has 0 aliphatic heterocycles. The van der Waals surface area contributed by atoms with Crippen molar-refractivity contribution < 1.29 is 0 Å². The first-order valence-electron chi connectivity index (χ1n) is 9.69. The van der Waals surface area contributed by atoms with E-state index in [1.807, 2.05) is 0 Å². The molecule has 1 nitrogen and oxygen atoms in total. The summed E-state index contributed by atoms with van der Waals surface area (Å²) in [4.78, 5) is 2.49. The van der Waals surface area contributed by atoms with E-state index in [2.05, 4.69) is 42.2 Å². The molecule has 0 saturated carbocycles. The average molecular weight is 338 g/mol. The quantitative estimate of drug-likeness (QED) is 0.256. The average Bonchev–Trinajstić information content (AvgIpc) is 2.57. The Morgan fingerprint density at radius 2 is 1.30 bits per heavy atom. The van der Waals surface area contributed by atoms with Gasteiger partial charge in [-0.15, -0.1) is 11.6 Å². The van der Waals surface area contributed by atoms with E-state index in [0.29, 0.717) is 0 Å². The molecule has 0 atom stereocenters. The number of nitrogens with zero attached hydrogens (tertiary/aromatic N) is 1. The van der Waals surface area contributed by atoms with Crippen molar-refractivity contribution in [3.63, 3.8) is 0 Å². The second kappa shape index (κ2) is 15.0. The summed E-state index contributed by atoms with van der Waals surface area (Å²) >= 11 is 5.95. The predicted octanol–water partition coefficient (Wildman–Crippen LogP) is 6.65. The zero-order chi connectivity index (χ0) is 16.6. The van der Waals surface area contributed by atoms with Crippen molar-refractivity contribution in [3.8, 4) is 0 Å². The van der Waals surface area contributed by atoms with Crippen LogP contribution in [0.25, 0.3) is 0 Å². The Morgan fingerprint density at radius 1 is 0.739 bits per heavy atom. The van der Waals surface area contributed by atoms with E-state index >= 15 is 0 Å². The van der Waals surface area contributed by atoms with Crippen molar-refractivity contribution in [1.29, 1.82) is 0 Å². The maximum Gasteiger partial charge on any atom is 0.0351 e. The van der Waals surface area contributed by atoms with Crippen LogP contribution in [-0.4, -0.2) is 23.9 Å². The maximum atomic E-state index is 5.95. The first kappa shape index (κ1) is 20.5. The van der Waals surface area contributed by atoms with E-state index < -0.39 is 0 Å². The highest BCUT2D eigenvalue weighted by Crippen LogP contribution is 2.12. The summed E-state index contributed by atoms with van der Waals surface area (Å²) in [6, 6.07) is 10.7. The lowest BCUT2D eigenvalue weighted by molar-refractivity contribution is 0.274. The van der Waals surface area contributed by atoms with Gasteiger partial charge in [0.25, 0.3) is 0 Å². The van der Waals surface area contributed by atoms with Crippen molar-refractivity contribution in [2.75, 3.05) is 19.0 Å². The minimum atomic E-state index is 0.727. The van der Waals surface area contributed by atoms with Crippen LogP contribution >= 0.6 is 11.6 Å². The molecular formula is C21H36ClN. The van der Waals surface area contributed by atoms with Gasteiger partial charge in [0.05, 0.1) is 0 Å². The summed E-state index contributed by atoms with van der Waals surface area (Å²) in [7, 11) is 0. The van der Waals surface area contributed by atoms with Crippen LogP contribution in [0.15, 0.2) is 30.3 Å². The molecule has 0 unspecified atom stereocenters. The van der Waals surface area contributed by atoms with Crippen LogP contribution in [0.4, 0.5) is 0 Å². The fourth-order valence-corrected chi connectivity index (χ4v) is 3.29. The van der Waals surface area contributed by atoms with E-state index in [1.54, 1.807) is 0 Å². The molecule has 1 aromatic carbocycles. The lowest BCUT2D eigenvalue weighted by Crippen LogP contribution is -2.26. The lowest BCUT2D eigenvalue weighted by Gasteiger charge is -2.21. The molecule has 0 fully saturated rings. The third kappa shape index (κ3) is 11.6. The predicted molar refractivity (Wildman–Crippen MR) is 104 cm³/mol. The van der Waals surface area contributed by atoms with Gasteiger partial charge in [-0.1, -0.05) is 95.0 Å². The number of hydrogen-bond donors (Lipinski definition) is 0. The van der Waals surface area contributed by atoms with E-state index in [-0.39, 0.29) is 0 Å². The molecule has 0 bridgehead atoms. The van der Waals surface area contributed by atoms with E-state index in [9.17, 15) is 0 Å². The smallest absolute Gasteiger partial charge is 0.0351 e. The van der Waals surface area contributed by atoms with Gasteiger partial charge in [0.15, 0.2) is 0 Å². The van der Waals surface area contributed by atoms with Gasteiger partial charge in [0.1, 0.15) is 0 Å². The largest absolute Gasteiger partial charge is 0.298 e. The Morgan fingerprint density at radius 3 is 1.87 bits per heavy atom. The maximum absolute atomic E-state index is 5.95. The van der Waals surface area contributed by atoms with E-state index in [1.165, 1.54) is 76.3 Å². The molecule has 0 spiro atoms. The molecule has 0 aliphatic rings. The van der Waals surface area contributed by atoms with Crippen molar-refractivity contribution in [1.82, 2.24) is 4.90 Å². The van der Waals surface area contributed by atoms with Gasteiger partial charge < -0.3 is 0 Å². The third-order valence-electron chi connectivity index (χ3n) is 4.48. The fourth-order valence-electron chi connectivity index (χ4n) is 3.05. The van der Waals surface area contributed by atoms with Crippen molar-refractivity contribution in [3.05, 3.63) is 35.9 Å². The highest BCUT2D eigenvalue weighted by molar-refractivity contribution is 6.18. The molecule has 0 radical (unpaired) electrons. The topological polar surface area (TPSA) is 3.24 Å². The van der Waals surface area contributed by atoms with Crippen molar-refractivity contribution >= 4 is 11.6 Å². The van der Waals surface area contributed by atoms with Gasteiger partial charge in [0, 0.05) is 19.0 Å². The molecule has 2 heteroatoms. The Labute approximate surface area is 149 Å². The Hall–Kier alpha value is -0.530. The molecule has 0 aromatic heterocycles. The molecular weight excluding hydrogens is 302 g/mol. The van der Waals surface area contributed by atoms with E-state index in [4.69, 9.17) is 11.6 Å². The van der Waals surface area contributed by atoms with Crippen LogP contribution < -0.4 is 0 Å². The van der Waals surface area contributed by atoms with Gasteiger partial charge >= 0.3 is 0 Å². The fraction of sp³-hybridized carbons (Fsp3) is 0.714. The SMILES string of the molecule is CCCCCCCCCCCCN(CCCl)Cc1ccccc1. The van der Waals surface area contributed by atoms with Crippen LogP contribution in [0.2, 0.25) is 0 Å². The second-order valence-corrected chi connectivity index (χ2v) is 7.01. The highest BCUT2D eigenvalue weighted by atomic mass is 35.5. The lowest BCUT2D eigenvalue weighted by atomic mass is 10.1. The van der Waals surface area contributed by atoms with Crippen LogP contribution in [0.1, 0.15) is 76.7 Å². The molecule has 1 aromatic rings. The first-order valence-corrected chi connectivity index (χ1v) is 10.2. The zero-order valence-electron chi connectivity index (χ0n) is 15.1. The van der Waals surface area contributed by atoms with Gasteiger partial charge in [-0.25, -0.2) is 0 Å². The Bertz CT molecular complexity index is 352. The number of unbranched alkanes of at least 4 members (excludes halogenated alkanes) is 9. The molecule has 0 N–H and O–H groups in total. The summed E-state index contributed by atoms with van der Waals surface area (Å²) in [5, 5.41) is 0. The summed E-state index contributed by atoms with van der Waals surface area (Å²) in [5.74, 6) is 0.727. The Kier molecular flexibility index (Phi) is 13.4. The van der Waals surface area contributed by atoms with Crippen LogP contribution in [0.5, 0.6) is 0 Å². The van der Waals surface area contributed by atoms with Crippen LogP contribution in [-0.2, 0) is 6.54 Å². The monoisotopic (exact) mass is 337 g/mol. The molecule has 0 heterocycles. The number of halogens is 1. The standard InChI is InChI=1S/C21H36ClN/c1-2-3-4-5-6-7-8-9-10-14-18-23(19-17-22)20-21-15-12-11-13-16-21/h11-13,15-16H,2-10,14,17-20H2,1H3. The van der Waals surface area contributed by atoms with Gasteiger partial charge in [-0.2, -0.15) is 0 Å².